The topological polar surface area (TPSA) is 209 Å². The Morgan fingerprint density at radius 1 is 1.05 bits per heavy atom. The van der Waals surface area contributed by atoms with Crippen molar-refractivity contribution in [3.05, 3.63) is 87.4 Å². The van der Waals surface area contributed by atoms with E-state index in [-0.39, 0.29) is 51.7 Å². The lowest BCUT2D eigenvalue weighted by molar-refractivity contribution is -0.120. The molecular weight excluding hydrogens is 576 g/mol. The summed E-state index contributed by atoms with van der Waals surface area (Å²) >= 11 is 6.01. The van der Waals surface area contributed by atoms with Crippen molar-refractivity contribution in [3.8, 4) is 33.9 Å². The first-order chi connectivity index (χ1) is 19.4. The number of nitrogens with one attached hydrogen (secondary N) is 2. The lowest BCUT2D eigenvalue weighted by Gasteiger charge is -2.09. The van der Waals surface area contributed by atoms with Crippen LogP contribution in [0.5, 0.6) is 11.5 Å². The highest BCUT2D eigenvalue weighted by Gasteiger charge is 2.19. The van der Waals surface area contributed by atoms with Crippen LogP contribution in [-0.4, -0.2) is 39.3 Å². The number of rotatable bonds is 7. The molecule has 0 aliphatic rings. The fourth-order valence-electron chi connectivity index (χ4n) is 4.25. The molecule has 5 aromatic rings. The summed E-state index contributed by atoms with van der Waals surface area (Å²) in [5, 5.41) is 29.8. The maximum atomic E-state index is 12.6. The Balaban J connectivity index is 1.29. The minimum Gasteiger partial charge on any atom is -0.507 e. The van der Waals surface area contributed by atoms with Crippen molar-refractivity contribution >= 4 is 44.3 Å². The number of carbonyl (C=O) groups excluding carboxylic acids is 1. The zero-order chi connectivity index (χ0) is 29.5. The average molecular weight is 597 g/mol. The minimum atomic E-state index is -4.60. The van der Waals surface area contributed by atoms with Crippen molar-refractivity contribution in [1.82, 2.24) is 15.5 Å². The van der Waals surface area contributed by atoms with E-state index in [9.17, 15) is 32.8 Å². The third kappa shape index (κ3) is 5.72. The number of fused-ring (bicyclic) bond motifs is 1. The van der Waals surface area contributed by atoms with Gasteiger partial charge in [-0.25, -0.2) is 4.79 Å². The van der Waals surface area contributed by atoms with Gasteiger partial charge in [0.1, 0.15) is 22.0 Å². The Kier molecular flexibility index (Phi) is 7.17. The number of aromatic amines is 1. The van der Waals surface area contributed by atoms with Gasteiger partial charge in [0.25, 0.3) is 10.1 Å². The second-order valence-electron chi connectivity index (χ2n) is 9.09. The van der Waals surface area contributed by atoms with Gasteiger partial charge in [-0.05, 0) is 29.3 Å². The smallest absolute Gasteiger partial charge is 0.339 e. The molecule has 0 aliphatic heterocycles. The highest BCUT2D eigenvalue weighted by Crippen LogP contribution is 2.40. The van der Waals surface area contributed by atoms with Crippen molar-refractivity contribution in [3.63, 3.8) is 0 Å². The molecule has 3 aromatic carbocycles. The molecule has 12 nitrogen and oxygen atoms in total. The first kappa shape index (κ1) is 27.7. The maximum Gasteiger partial charge on any atom is 0.339 e. The van der Waals surface area contributed by atoms with Crippen LogP contribution in [0, 0.1) is 0 Å². The average Bonchev–Trinajstić information content (AvgIpc) is 3.39. The van der Waals surface area contributed by atoms with Gasteiger partial charge in [-0.15, -0.1) is 0 Å². The number of nitrogen functional groups attached to an aromatic ring is 1. The molecule has 5 rings (SSSR count). The van der Waals surface area contributed by atoms with Gasteiger partial charge in [0.2, 0.25) is 5.91 Å². The molecule has 7 N–H and O–H groups in total. The SMILES string of the molecule is Nc1cc2oc(=O)c(CC(=O)NCc3ccc(-c4cn[nH]c4-c4cc(Cl)c(O)cc4O)cc3)cc2cc1S(=O)(=O)O. The zero-order valence-corrected chi connectivity index (χ0v) is 22.5. The molecule has 2 heterocycles. The van der Waals surface area contributed by atoms with Crippen LogP contribution in [0.25, 0.3) is 33.4 Å². The second-order valence-corrected chi connectivity index (χ2v) is 10.9. The van der Waals surface area contributed by atoms with E-state index in [1.165, 1.54) is 12.1 Å². The number of halogens is 1. The van der Waals surface area contributed by atoms with E-state index in [2.05, 4.69) is 15.5 Å². The van der Waals surface area contributed by atoms with Crippen LogP contribution in [-0.2, 0) is 27.9 Å². The van der Waals surface area contributed by atoms with E-state index in [4.69, 9.17) is 21.8 Å². The molecule has 0 spiro atoms. The molecule has 0 unspecified atom stereocenters. The molecule has 0 aliphatic carbocycles. The Hall–Kier alpha value is -4.85. The van der Waals surface area contributed by atoms with E-state index in [0.717, 1.165) is 29.3 Å². The number of carbonyl (C=O) groups is 1. The van der Waals surface area contributed by atoms with Crippen molar-refractivity contribution in [2.24, 2.45) is 0 Å². The molecule has 0 saturated carbocycles. The van der Waals surface area contributed by atoms with Gasteiger partial charge in [0, 0.05) is 40.8 Å². The number of aromatic nitrogens is 2. The number of anilines is 1. The van der Waals surface area contributed by atoms with Crippen molar-refractivity contribution < 1.29 is 32.4 Å². The van der Waals surface area contributed by atoms with Gasteiger partial charge in [-0.1, -0.05) is 35.9 Å². The summed E-state index contributed by atoms with van der Waals surface area (Å²) in [6.07, 6.45) is 1.24. The predicted molar refractivity (Wildman–Crippen MR) is 150 cm³/mol. The third-order valence-electron chi connectivity index (χ3n) is 6.29. The number of phenolic OH excluding ortho intramolecular Hbond substituents is 2. The number of H-pyrrole nitrogens is 1. The predicted octanol–water partition coefficient (Wildman–Crippen LogP) is 3.60. The van der Waals surface area contributed by atoms with E-state index in [1.54, 1.807) is 30.5 Å². The van der Waals surface area contributed by atoms with Gasteiger partial charge in [-0.3, -0.25) is 14.4 Å². The molecule has 210 valence electrons. The second kappa shape index (κ2) is 10.6. The van der Waals surface area contributed by atoms with Gasteiger partial charge < -0.3 is 25.7 Å². The first-order valence-electron chi connectivity index (χ1n) is 11.9. The number of aromatic hydroxyl groups is 2. The number of hydrogen-bond acceptors (Lipinski definition) is 9. The molecule has 14 heteroatoms. The Labute approximate surface area is 236 Å². The van der Waals surface area contributed by atoms with E-state index >= 15 is 0 Å². The van der Waals surface area contributed by atoms with Gasteiger partial charge in [0.05, 0.1) is 29.0 Å². The number of nitrogens with zero attached hydrogens (tertiary/aromatic N) is 1. The lowest BCUT2D eigenvalue weighted by atomic mass is 10.00. The van der Waals surface area contributed by atoms with Crippen molar-refractivity contribution in [2.45, 2.75) is 17.9 Å². The van der Waals surface area contributed by atoms with Crippen LogP contribution >= 0.6 is 11.6 Å². The van der Waals surface area contributed by atoms with Gasteiger partial charge in [0.15, 0.2) is 0 Å². The number of amides is 1. The number of nitrogens with two attached hydrogens (primary N) is 1. The minimum absolute atomic E-state index is 0.00801. The molecular formula is C27H21ClN4O8S. The third-order valence-corrected chi connectivity index (χ3v) is 7.51. The quantitative estimate of drug-likeness (QED) is 0.0913. The normalized spacial score (nSPS) is 11.6. The highest BCUT2D eigenvalue weighted by molar-refractivity contribution is 7.86. The summed E-state index contributed by atoms with van der Waals surface area (Å²) in [5.41, 5.74) is 7.58. The summed E-state index contributed by atoms with van der Waals surface area (Å²) in [7, 11) is -4.60. The lowest BCUT2D eigenvalue weighted by Crippen LogP contribution is -2.26. The van der Waals surface area contributed by atoms with E-state index in [0.29, 0.717) is 16.8 Å². The fourth-order valence-corrected chi connectivity index (χ4v) is 5.05. The molecule has 0 radical (unpaired) electrons. The first-order valence-corrected chi connectivity index (χ1v) is 13.7. The Bertz CT molecular complexity index is 1990. The zero-order valence-electron chi connectivity index (χ0n) is 20.9. The molecule has 0 bridgehead atoms. The Morgan fingerprint density at radius 2 is 1.78 bits per heavy atom. The van der Waals surface area contributed by atoms with E-state index in [1.807, 2.05) is 0 Å². The molecule has 2 aromatic heterocycles. The summed E-state index contributed by atoms with van der Waals surface area (Å²) in [6, 6.07) is 13.2. The maximum absolute atomic E-state index is 12.6. The Morgan fingerprint density at radius 3 is 2.49 bits per heavy atom. The standard InChI is InChI=1S/C27H21ClN4O8S/c28-19-8-17(21(33)10-22(19)34)26-18(12-31-32-26)14-3-1-13(2-4-14)11-30-25(35)7-16-5-15-6-24(41(37,38)39)20(29)9-23(15)40-27(16)36/h1-6,8-10,12,33-34H,7,11,29H2,(H,30,35)(H,31,32)(H,37,38,39). The van der Waals surface area contributed by atoms with Crippen molar-refractivity contribution in [2.75, 3.05) is 5.73 Å². The number of hydrogen-bond donors (Lipinski definition) is 6. The van der Waals surface area contributed by atoms with Crippen molar-refractivity contribution in [1.29, 1.82) is 0 Å². The fraction of sp³-hybridized carbons (Fsp3) is 0.0741. The molecule has 0 atom stereocenters. The summed E-state index contributed by atoms with van der Waals surface area (Å²) in [4.78, 5) is 24.4. The van der Waals surface area contributed by atoms with Gasteiger partial charge >= 0.3 is 5.63 Å². The van der Waals surface area contributed by atoms with Crippen LogP contribution in [0.3, 0.4) is 0 Å². The molecule has 1 amide bonds. The molecule has 0 fully saturated rings. The van der Waals surface area contributed by atoms with Crippen LogP contribution in [0.1, 0.15) is 11.1 Å². The van der Waals surface area contributed by atoms with Gasteiger partial charge in [-0.2, -0.15) is 13.5 Å². The number of phenols is 2. The molecule has 41 heavy (non-hydrogen) atoms. The number of benzene rings is 3. The van der Waals surface area contributed by atoms with Crippen LogP contribution in [0.4, 0.5) is 5.69 Å². The largest absolute Gasteiger partial charge is 0.507 e. The van der Waals surface area contributed by atoms with Crippen LogP contribution in [0.2, 0.25) is 5.02 Å². The van der Waals surface area contributed by atoms with Crippen LogP contribution in [0.15, 0.2) is 74.9 Å². The highest BCUT2D eigenvalue weighted by atomic mass is 35.5. The summed E-state index contributed by atoms with van der Waals surface area (Å²) < 4.78 is 37.6. The molecule has 0 saturated heterocycles. The monoisotopic (exact) mass is 596 g/mol. The summed E-state index contributed by atoms with van der Waals surface area (Å²) in [6.45, 7) is 0.147. The summed E-state index contributed by atoms with van der Waals surface area (Å²) in [5.74, 6) is -0.915. The van der Waals surface area contributed by atoms with E-state index < -0.39 is 26.5 Å². The van der Waals surface area contributed by atoms with Crippen LogP contribution < -0.4 is 16.7 Å².